The molecule has 1 fully saturated rings. The molecule has 7 heteroatoms. The minimum atomic E-state index is -2.47. The molecule has 1 amide bonds. The predicted octanol–water partition coefficient (Wildman–Crippen LogP) is -0.237. The van der Waals surface area contributed by atoms with Crippen LogP contribution in [0.15, 0.2) is 0 Å². The number of morpholine rings is 1. The van der Waals surface area contributed by atoms with E-state index in [2.05, 4.69) is 15.4 Å². The summed E-state index contributed by atoms with van der Waals surface area (Å²) < 4.78 is 33.4. The summed E-state index contributed by atoms with van der Waals surface area (Å²) in [4.78, 5) is 11.4. The fourth-order valence-corrected chi connectivity index (χ4v) is 1.46. The van der Waals surface area contributed by atoms with Crippen LogP contribution >= 0.6 is 0 Å². The highest BCUT2D eigenvalue weighted by Crippen LogP contribution is 2.00. The molecule has 1 atom stereocenters. The van der Waals surface area contributed by atoms with Crippen molar-refractivity contribution in [2.45, 2.75) is 19.0 Å². The van der Waals surface area contributed by atoms with Gasteiger partial charge in [-0.15, -0.1) is 0 Å². The van der Waals surface area contributed by atoms with Crippen molar-refractivity contribution in [3.05, 3.63) is 0 Å². The molecule has 1 rings (SSSR count). The standard InChI is InChI=1S/C10H18F2N2O3/c11-9(12)7-16-3-2-14-10(15)5-8-6-13-1-4-17-8/h8-9,13H,1-7H2,(H,14,15). The number of alkyl halides is 2. The van der Waals surface area contributed by atoms with Crippen LogP contribution in [0.3, 0.4) is 0 Å². The first kappa shape index (κ1) is 14.3. The predicted molar refractivity (Wildman–Crippen MR) is 57.1 cm³/mol. The summed E-state index contributed by atoms with van der Waals surface area (Å²) in [5, 5.41) is 5.70. The number of ether oxygens (including phenoxy) is 2. The molecule has 2 N–H and O–H groups in total. The van der Waals surface area contributed by atoms with Gasteiger partial charge in [0.15, 0.2) is 0 Å². The molecule has 0 radical (unpaired) electrons. The Morgan fingerprint density at radius 1 is 1.59 bits per heavy atom. The summed E-state index contributed by atoms with van der Waals surface area (Å²) in [5.74, 6) is -0.153. The van der Waals surface area contributed by atoms with Gasteiger partial charge in [0.1, 0.15) is 6.61 Å². The molecule has 0 spiro atoms. The van der Waals surface area contributed by atoms with Gasteiger partial charge in [-0.25, -0.2) is 8.78 Å². The SMILES string of the molecule is O=C(CC1CNCCO1)NCCOCC(F)F. The van der Waals surface area contributed by atoms with E-state index < -0.39 is 13.0 Å². The zero-order valence-electron chi connectivity index (χ0n) is 9.59. The molecule has 1 saturated heterocycles. The molecule has 5 nitrogen and oxygen atoms in total. The molecule has 1 heterocycles. The van der Waals surface area contributed by atoms with Crippen molar-refractivity contribution >= 4 is 5.91 Å². The lowest BCUT2D eigenvalue weighted by atomic mass is 10.2. The van der Waals surface area contributed by atoms with Gasteiger partial charge < -0.3 is 20.1 Å². The fourth-order valence-electron chi connectivity index (χ4n) is 1.46. The van der Waals surface area contributed by atoms with Crippen LogP contribution in [0.25, 0.3) is 0 Å². The largest absolute Gasteiger partial charge is 0.375 e. The summed E-state index contributed by atoms with van der Waals surface area (Å²) >= 11 is 0. The van der Waals surface area contributed by atoms with Crippen molar-refractivity contribution in [2.24, 2.45) is 0 Å². The summed E-state index contributed by atoms with van der Waals surface area (Å²) in [6, 6.07) is 0. The smallest absolute Gasteiger partial charge is 0.261 e. The lowest BCUT2D eigenvalue weighted by molar-refractivity contribution is -0.124. The minimum absolute atomic E-state index is 0.0971. The molecule has 0 saturated carbocycles. The Kier molecular flexibility index (Phi) is 6.99. The van der Waals surface area contributed by atoms with E-state index in [1.165, 1.54) is 0 Å². The van der Waals surface area contributed by atoms with E-state index in [0.29, 0.717) is 13.2 Å². The van der Waals surface area contributed by atoms with Crippen molar-refractivity contribution < 1.29 is 23.0 Å². The van der Waals surface area contributed by atoms with Crippen molar-refractivity contribution in [1.29, 1.82) is 0 Å². The molecule has 17 heavy (non-hydrogen) atoms. The Hall–Kier alpha value is -0.790. The van der Waals surface area contributed by atoms with E-state index in [4.69, 9.17) is 4.74 Å². The van der Waals surface area contributed by atoms with Crippen LogP contribution in [0, 0.1) is 0 Å². The number of rotatable bonds is 7. The maximum atomic E-state index is 11.7. The third kappa shape index (κ3) is 7.19. The molecule has 1 unspecified atom stereocenters. The minimum Gasteiger partial charge on any atom is -0.375 e. The van der Waals surface area contributed by atoms with Crippen molar-refractivity contribution in [3.63, 3.8) is 0 Å². The van der Waals surface area contributed by atoms with Crippen molar-refractivity contribution in [3.8, 4) is 0 Å². The van der Waals surface area contributed by atoms with E-state index in [0.717, 1.165) is 6.54 Å². The average Bonchev–Trinajstić information content (AvgIpc) is 2.29. The monoisotopic (exact) mass is 252 g/mol. The first-order chi connectivity index (χ1) is 8.18. The van der Waals surface area contributed by atoms with Gasteiger partial charge in [0.05, 0.1) is 25.7 Å². The topological polar surface area (TPSA) is 59.6 Å². The quantitative estimate of drug-likeness (QED) is 0.614. The normalized spacial score (nSPS) is 20.5. The first-order valence-corrected chi connectivity index (χ1v) is 5.63. The highest BCUT2D eigenvalue weighted by molar-refractivity contribution is 5.76. The van der Waals surface area contributed by atoms with Gasteiger partial charge in [0, 0.05) is 19.6 Å². The van der Waals surface area contributed by atoms with Crippen LogP contribution in [0.1, 0.15) is 6.42 Å². The Balaban J connectivity index is 1.97. The van der Waals surface area contributed by atoms with Crippen LogP contribution in [0.4, 0.5) is 8.78 Å². The van der Waals surface area contributed by atoms with Crippen LogP contribution in [0.5, 0.6) is 0 Å². The molecule has 0 aliphatic carbocycles. The van der Waals surface area contributed by atoms with E-state index in [-0.39, 0.29) is 31.6 Å². The van der Waals surface area contributed by atoms with E-state index in [1.807, 2.05) is 0 Å². The average molecular weight is 252 g/mol. The number of carbonyl (C=O) groups excluding carboxylic acids is 1. The van der Waals surface area contributed by atoms with E-state index >= 15 is 0 Å². The fraction of sp³-hybridized carbons (Fsp3) is 0.900. The lowest BCUT2D eigenvalue weighted by Gasteiger charge is -2.23. The summed E-state index contributed by atoms with van der Waals surface area (Å²) in [6.07, 6.45) is -2.29. The van der Waals surface area contributed by atoms with Crippen molar-refractivity contribution in [2.75, 3.05) is 39.5 Å². The molecule has 0 aromatic carbocycles. The first-order valence-electron chi connectivity index (χ1n) is 5.63. The number of carbonyl (C=O) groups is 1. The molecule has 1 aliphatic heterocycles. The number of halogens is 2. The van der Waals surface area contributed by atoms with Crippen molar-refractivity contribution in [1.82, 2.24) is 10.6 Å². The van der Waals surface area contributed by atoms with E-state index in [9.17, 15) is 13.6 Å². The highest BCUT2D eigenvalue weighted by atomic mass is 19.3. The maximum absolute atomic E-state index is 11.7. The Labute approximate surface area is 98.8 Å². The molecular formula is C10H18F2N2O3. The summed E-state index contributed by atoms with van der Waals surface area (Å²) in [6.45, 7) is 1.82. The van der Waals surface area contributed by atoms with Gasteiger partial charge >= 0.3 is 0 Å². The Bertz CT molecular complexity index is 224. The van der Waals surface area contributed by atoms with Gasteiger partial charge in [0.2, 0.25) is 5.91 Å². The molecule has 0 aromatic heterocycles. The molecule has 100 valence electrons. The summed E-state index contributed by atoms with van der Waals surface area (Å²) in [5.41, 5.74) is 0. The second-order valence-electron chi connectivity index (χ2n) is 3.72. The van der Waals surface area contributed by atoms with Gasteiger partial charge in [-0.05, 0) is 0 Å². The third-order valence-corrected chi connectivity index (χ3v) is 2.23. The second-order valence-corrected chi connectivity index (χ2v) is 3.72. The van der Waals surface area contributed by atoms with Crippen LogP contribution < -0.4 is 10.6 Å². The Morgan fingerprint density at radius 2 is 2.41 bits per heavy atom. The van der Waals surface area contributed by atoms with Crippen LogP contribution in [-0.4, -0.2) is 57.9 Å². The lowest BCUT2D eigenvalue weighted by Crippen LogP contribution is -2.41. The number of nitrogens with one attached hydrogen (secondary N) is 2. The zero-order chi connectivity index (χ0) is 12.5. The summed E-state index contributed by atoms with van der Waals surface area (Å²) in [7, 11) is 0. The molecule has 0 bridgehead atoms. The van der Waals surface area contributed by atoms with Gasteiger partial charge in [-0.3, -0.25) is 4.79 Å². The van der Waals surface area contributed by atoms with E-state index in [1.54, 1.807) is 0 Å². The molecular weight excluding hydrogens is 234 g/mol. The van der Waals surface area contributed by atoms with Crippen LogP contribution in [0.2, 0.25) is 0 Å². The van der Waals surface area contributed by atoms with Crippen LogP contribution in [-0.2, 0) is 14.3 Å². The number of hydrogen-bond donors (Lipinski definition) is 2. The number of amides is 1. The number of hydrogen-bond acceptors (Lipinski definition) is 4. The Morgan fingerprint density at radius 3 is 3.06 bits per heavy atom. The van der Waals surface area contributed by atoms with Gasteiger partial charge in [-0.1, -0.05) is 0 Å². The molecule has 1 aliphatic rings. The highest BCUT2D eigenvalue weighted by Gasteiger charge is 2.16. The third-order valence-electron chi connectivity index (χ3n) is 2.23. The van der Waals surface area contributed by atoms with Gasteiger partial charge in [-0.2, -0.15) is 0 Å². The molecule has 0 aromatic rings. The maximum Gasteiger partial charge on any atom is 0.261 e. The van der Waals surface area contributed by atoms with Gasteiger partial charge in [0.25, 0.3) is 6.43 Å². The zero-order valence-corrected chi connectivity index (χ0v) is 9.59. The second kappa shape index (κ2) is 8.32.